The summed E-state index contributed by atoms with van der Waals surface area (Å²) in [5, 5.41) is 0. The predicted octanol–water partition coefficient (Wildman–Crippen LogP) is 2.94. The first-order valence-electron chi connectivity index (χ1n) is 6.53. The van der Waals surface area contributed by atoms with Gasteiger partial charge in [0.05, 0.1) is 5.56 Å². The second-order valence-electron chi connectivity index (χ2n) is 4.90. The second kappa shape index (κ2) is 5.00. The molecule has 2 aromatic rings. The molecule has 110 valence electrons. The third-order valence-electron chi connectivity index (χ3n) is 3.52. The molecule has 1 aliphatic rings. The number of aryl methyl sites for hydroxylation is 1. The van der Waals surface area contributed by atoms with Crippen LogP contribution in [0.15, 0.2) is 24.3 Å². The molecule has 0 bridgehead atoms. The van der Waals surface area contributed by atoms with Gasteiger partial charge in [0, 0.05) is 16.8 Å². The van der Waals surface area contributed by atoms with Crippen molar-refractivity contribution in [3.63, 3.8) is 0 Å². The Balaban J connectivity index is 2.09. The monoisotopic (exact) mass is 294 g/mol. The van der Waals surface area contributed by atoms with Gasteiger partial charge in [-0.2, -0.15) is 13.2 Å². The van der Waals surface area contributed by atoms with Gasteiger partial charge >= 0.3 is 6.18 Å². The highest BCUT2D eigenvalue weighted by atomic mass is 19.4. The number of hydrogen-bond acceptors (Lipinski definition) is 4. The van der Waals surface area contributed by atoms with Crippen molar-refractivity contribution in [2.75, 3.05) is 5.43 Å². The molecule has 1 aromatic heterocycles. The van der Waals surface area contributed by atoms with E-state index in [2.05, 4.69) is 15.4 Å². The van der Waals surface area contributed by atoms with Crippen LogP contribution in [0.25, 0.3) is 11.4 Å². The van der Waals surface area contributed by atoms with Crippen LogP contribution in [0.1, 0.15) is 23.2 Å². The van der Waals surface area contributed by atoms with Crippen LogP contribution >= 0.6 is 0 Å². The van der Waals surface area contributed by atoms with E-state index in [1.54, 1.807) is 6.07 Å². The van der Waals surface area contributed by atoms with Crippen molar-refractivity contribution in [2.24, 2.45) is 5.84 Å². The van der Waals surface area contributed by atoms with E-state index in [4.69, 9.17) is 5.84 Å². The first kappa shape index (κ1) is 13.8. The number of alkyl halides is 3. The van der Waals surface area contributed by atoms with Crippen molar-refractivity contribution >= 4 is 5.82 Å². The molecule has 7 heteroatoms. The third-order valence-corrected chi connectivity index (χ3v) is 3.52. The van der Waals surface area contributed by atoms with Gasteiger partial charge in [0.25, 0.3) is 0 Å². The van der Waals surface area contributed by atoms with E-state index in [0.717, 1.165) is 42.7 Å². The summed E-state index contributed by atoms with van der Waals surface area (Å²) >= 11 is 0. The lowest BCUT2D eigenvalue weighted by atomic mass is 10.1. The summed E-state index contributed by atoms with van der Waals surface area (Å²) in [7, 11) is 0. The van der Waals surface area contributed by atoms with E-state index < -0.39 is 11.7 Å². The number of rotatable bonds is 2. The predicted molar refractivity (Wildman–Crippen MR) is 72.3 cm³/mol. The Labute approximate surface area is 119 Å². The molecule has 0 aliphatic heterocycles. The largest absolute Gasteiger partial charge is 0.416 e. The number of hydrazine groups is 1. The maximum Gasteiger partial charge on any atom is 0.416 e. The SMILES string of the molecule is NNc1nc(-c2cccc(C(F)(F)F)c2)nc2c1CCC2. The van der Waals surface area contributed by atoms with Crippen molar-refractivity contribution in [3.05, 3.63) is 41.1 Å². The molecular weight excluding hydrogens is 281 g/mol. The summed E-state index contributed by atoms with van der Waals surface area (Å²) in [6.07, 6.45) is -1.82. The van der Waals surface area contributed by atoms with Gasteiger partial charge in [-0.1, -0.05) is 12.1 Å². The number of nitrogens with zero attached hydrogens (tertiary/aromatic N) is 2. The number of nitrogens with two attached hydrogens (primary N) is 1. The molecule has 0 radical (unpaired) electrons. The zero-order valence-electron chi connectivity index (χ0n) is 11.0. The average molecular weight is 294 g/mol. The number of fused-ring (bicyclic) bond motifs is 1. The minimum atomic E-state index is -4.39. The van der Waals surface area contributed by atoms with Crippen LogP contribution < -0.4 is 11.3 Å². The summed E-state index contributed by atoms with van der Waals surface area (Å²) < 4.78 is 38.3. The number of nitrogen functional groups attached to an aromatic ring is 1. The molecule has 4 nitrogen and oxygen atoms in total. The first-order valence-corrected chi connectivity index (χ1v) is 6.53. The van der Waals surface area contributed by atoms with E-state index >= 15 is 0 Å². The van der Waals surface area contributed by atoms with Crippen LogP contribution in [-0.4, -0.2) is 9.97 Å². The van der Waals surface area contributed by atoms with E-state index in [9.17, 15) is 13.2 Å². The molecular formula is C14H13F3N4. The van der Waals surface area contributed by atoms with Crippen molar-refractivity contribution in [3.8, 4) is 11.4 Å². The lowest BCUT2D eigenvalue weighted by Gasteiger charge is -2.11. The topological polar surface area (TPSA) is 63.8 Å². The fraction of sp³-hybridized carbons (Fsp3) is 0.286. The van der Waals surface area contributed by atoms with Gasteiger partial charge in [-0.05, 0) is 31.4 Å². The molecule has 0 fully saturated rings. The van der Waals surface area contributed by atoms with Gasteiger partial charge < -0.3 is 5.43 Å². The minimum Gasteiger partial charge on any atom is -0.308 e. The summed E-state index contributed by atoms with van der Waals surface area (Å²) in [6, 6.07) is 4.99. The zero-order chi connectivity index (χ0) is 15.0. The molecule has 0 saturated heterocycles. The zero-order valence-corrected chi connectivity index (χ0v) is 11.0. The van der Waals surface area contributed by atoms with Gasteiger partial charge in [0.2, 0.25) is 0 Å². The molecule has 0 atom stereocenters. The highest BCUT2D eigenvalue weighted by Crippen LogP contribution is 2.33. The van der Waals surface area contributed by atoms with Crippen LogP contribution in [0.2, 0.25) is 0 Å². The van der Waals surface area contributed by atoms with Crippen molar-refractivity contribution in [2.45, 2.75) is 25.4 Å². The van der Waals surface area contributed by atoms with Crippen molar-refractivity contribution in [1.82, 2.24) is 9.97 Å². The van der Waals surface area contributed by atoms with Crippen molar-refractivity contribution in [1.29, 1.82) is 0 Å². The van der Waals surface area contributed by atoms with Crippen LogP contribution in [0, 0.1) is 0 Å². The molecule has 3 N–H and O–H groups in total. The Morgan fingerprint density at radius 1 is 1.14 bits per heavy atom. The highest BCUT2D eigenvalue weighted by molar-refractivity contribution is 5.61. The summed E-state index contributed by atoms with van der Waals surface area (Å²) in [5.41, 5.74) is 3.93. The Bertz CT molecular complexity index is 682. The Kier molecular flexibility index (Phi) is 3.29. The van der Waals surface area contributed by atoms with Crippen molar-refractivity contribution < 1.29 is 13.2 Å². The molecule has 0 saturated carbocycles. The Morgan fingerprint density at radius 2 is 1.95 bits per heavy atom. The second-order valence-corrected chi connectivity index (χ2v) is 4.90. The van der Waals surface area contributed by atoms with E-state index in [1.807, 2.05) is 0 Å². The molecule has 3 rings (SSSR count). The fourth-order valence-electron chi connectivity index (χ4n) is 2.52. The highest BCUT2D eigenvalue weighted by Gasteiger charge is 2.30. The summed E-state index contributed by atoms with van der Waals surface area (Å²) in [6.45, 7) is 0. The third kappa shape index (κ3) is 2.56. The molecule has 21 heavy (non-hydrogen) atoms. The lowest BCUT2D eigenvalue weighted by Crippen LogP contribution is -2.13. The molecule has 1 heterocycles. The quantitative estimate of drug-likeness (QED) is 0.660. The Hall–Kier alpha value is -2.15. The molecule has 0 unspecified atom stereocenters. The number of benzene rings is 1. The lowest BCUT2D eigenvalue weighted by molar-refractivity contribution is -0.137. The van der Waals surface area contributed by atoms with Gasteiger partial charge in [-0.15, -0.1) is 0 Å². The number of halogens is 3. The summed E-state index contributed by atoms with van der Waals surface area (Å²) in [4.78, 5) is 8.62. The van der Waals surface area contributed by atoms with E-state index in [1.165, 1.54) is 6.07 Å². The van der Waals surface area contributed by atoms with E-state index in [0.29, 0.717) is 11.4 Å². The maximum atomic E-state index is 12.8. The molecule has 1 aromatic carbocycles. The van der Waals surface area contributed by atoms with Crippen LogP contribution in [0.5, 0.6) is 0 Å². The van der Waals surface area contributed by atoms with Gasteiger partial charge in [0.15, 0.2) is 5.82 Å². The number of hydrogen-bond donors (Lipinski definition) is 2. The fourth-order valence-corrected chi connectivity index (χ4v) is 2.52. The van der Waals surface area contributed by atoms with Crippen LogP contribution in [0.4, 0.5) is 19.0 Å². The van der Waals surface area contributed by atoms with Gasteiger partial charge in [0.1, 0.15) is 5.82 Å². The molecule has 0 spiro atoms. The van der Waals surface area contributed by atoms with Crippen LogP contribution in [0.3, 0.4) is 0 Å². The van der Waals surface area contributed by atoms with Gasteiger partial charge in [-0.3, -0.25) is 0 Å². The van der Waals surface area contributed by atoms with E-state index in [-0.39, 0.29) is 5.82 Å². The number of aromatic nitrogens is 2. The maximum absolute atomic E-state index is 12.8. The minimum absolute atomic E-state index is 0.259. The molecule has 0 amide bonds. The smallest absolute Gasteiger partial charge is 0.308 e. The summed E-state index contributed by atoms with van der Waals surface area (Å²) in [5.74, 6) is 6.20. The van der Waals surface area contributed by atoms with Gasteiger partial charge in [-0.25, -0.2) is 15.8 Å². The first-order chi connectivity index (χ1) is 9.99. The number of nitrogens with one attached hydrogen (secondary N) is 1. The Morgan fingerprint density at radius 3 is 2.67 bits per heavy atom. The van der Waals surface area contributed by atoms with Crippen LogP contribution in [-0.2, 0) is 19.0 Å². The standard InChI is InChI=1S/C14H13F3N4/c15-14(16,17)9-4-1-3-8(7-9)12-19-11-6-2-5-10(11)13(20-12)21-18/h1,3-4,7H,2,5-6,18H2,(H,19,20,21). The molecule has 1 aliphatic carbocycles. The normalized spacial score (nSPS) is 14.1. The number of anilines is 1. The average Bonchev–Trinajstić information content (AvgIpc) is 2.93.